The third-order valence-corrected chi connectivity index (χ3v) is 4.34. The van der Waals surface area contributed by atoms with Crippen molar-refractivity contribution in [2.75, 3.05) is 25.1 Å². The van der Waals surface area contributed by atoms with E-state index in [1.165, 1.54) is 5.69 Å². The van der Waals surface area contributed by atoms with Crippen molar-refractivity contribution in [2.45, 2.75) is 13.1 Å². The highest BCUT2D eigenvalue weighted by Crippen LogP contribution is 2.11. The molecule has 1 aromatic carbocycles. The van der Waals surface area contributed by atoms with Crippen LogP contribution in [-0.4, -0.2) is 44.2 Å². The molecule has 1 aromatic heterocycles. The molecule has 0 fully saturated rings. The maximum atomic E-state index is 11.2. The molecule has 0 atom stereocenters. The van der Waals surface area contributed by atoms with Crippen LogP contribution in [0.2, 0.25) is 0 Å². The first-order valence-electron chi connectivity index (χ1n) is 7.87. The van der Waals surface area contributed by atoms with E-state index in [0.29, 0.717) is 12.2 Å². The number of benzene rings is 1. The van der Waals surface area contributed by atoms with Crippen molar-refractivity contribution in [3.8, 4) is 0 Å². The Bertz CT molecular complexity index is 831. The van der Waals surface area contributed by atoms with Gasteiger partial charge in [0, 0.05) is 45.3 Å². The SMILES string of the molecule is CN=C(NCc1ccc(NS(C)(=O)=O)cc1)N(C)Cc1cccn1C.I. The minimum Gasteiger partial charge on any atom is -0.353 e. The van der Waals surface area contributed by atoms with Crippen molar-refractivity contribution in [1.29, 1.82) is 0 Å². The lowest BCUT2D eigenvalue weighted by Crippen LogP contribution is -2.38. The molecule has 0 radical (unpaired) electrons. The molecule has 7 nitrogen and oxygen atoms in total. The Labute approximate surface area is 172 Å². The van der Waals surface area contributed by atoms with Crippen molar-refractivity contribution in [3.05, 3.63) is 53.9 Å². The maximum Gasteiger partial charge on any atom is 0.229 e. The van der Waals surface area contributed by atoms with E-state index in [-0.39, 0.29) is 24.0 Å². The molecule has 2 rings (SSSR count). The van der Waals surface area contributed by atoms with Gasteiger partial charge in [-0.05, 0) is 29.8 Å². The summed E-state index contributed by atoms with van der Waals surface area (Å²) in [5.74, 6) is 0.791. The van der Waals surface area contributed by atoms with Gasteiger partial charge in [-0.2, -0.15) is 0 Å². The second-order valence-electron chi connectivity index (χ2n) is 5.94. The van der Waals surface area contributed by atoms with E-state index >= 15 is 0 Å². The molecule has 1 heterocycles. The summed E-state index contributed by atoms with van der Waals surface area (Å²) in [6.45, 7) is 1.35. The van der Waals surface area contributed by atoms with Crippen LogP contribution < -0.4 is 10.0 Å². The van der Waals surface area contributed by atoms with Crippen LogP contribution in [0.25, 0.3) is 0 Å². The van der Waals surface area contributed by atoms with Gasteiger partial charge in [0.25, 0.3) is 0 Å². The largest absolute Gasteiger partial charge is 0.353 e. The molecule has 0 spiro atoms. The van der Waals surface area contributed by atoms with Gasteiger partial charge in [0.1, 0.15) is 0 Å². The molecule has 144 valence electrons. The predicted octanol–water partition coefficient (Wildman–Crippen LogP) is 2.22. The number of halogens is 1. The third-order valence-electron chi connectivity index (χ3n) is 3.73. The first-order valence-corrected chi connectivity index (χ1v) is 9.76. The first-order chi connectivity index (χ1) is 11.8. The number of nitrogens with one attached hydrogen (secondary N) is 2. The fourth-order valence-corrected chi connectivity index (χ4v) is 3.01. The van der Waals surface area contributed by atoms with Gasteiger partial charge in [-0.25, -0.2) is 8.42 Å². The van der Waals surface area contributed by atoms with Crippen LogP contribution in [0.1, 0.15) is 11.3 Å². The first kappa shape index (κ1) is 22.3. The van der Waals surface area contributed by atoms with Crippen LogP contribution in [0.4, 0.5) is 5.69 Å². The van der Waals surface area contributed by atoms with Crippen molar-refractivity contribution in [1.82, 2.24) is 14.8 Å². The summed E-state index contributed by atoms with van der Waals surface area (Å²) in [6.07, 6.45) is 3.15. The van der Waals surface area contributed by atoms with E-state index < -0.39 is 10.0 Å². The average Bonchev–Trinajstić information content (AvgIpc) is 2.93. The Morgan fingerprint density at radius 3 is 2.38 bits per heavy atom. The van der Waals surface area contributed by atoms with Crippen LogP contribution >= 0.6 is 24.0 Å². The summed E-state index contributed by atoms with van der Waals surface area (Å²) >= 11 is 0. The summed E-state index contributed by atoms with van der Waals surface area (Å²) in [4.78, 5) is 6.36. The number of hydrogen-bond acceptors (Lipinski definition) is 3. The number of sulfonamides is 1. The van der Waals surface area contributed by atoms with Gasteiger partial charge in [0.15, 0.2) is 5.96 Å². The molecule has 0 bridgehead atoms. The maximum absolute atomic E-state index is 11.2. The van der Waals surface area contributed by atoms with Gasteiger partial charge in [0.05, 0.1) is 12.8 Å². The highest BCUT2D eigenvalue weighted by molar-refractivity contribution is 14.0. The number of aliphatic imine (C=N–C) groups is 1. The van der Waals surface area contributed by atoms with E-state index in [2.05, 4.69) is 30.6 Å². The minimum atomic E-state index is -3.25. The number of guanidine groups is 1. The zero-order chi connectivity index (χ0) is 18.4. The molecular formula is C17H26IN5O2S. The number of hydrogen-bond donors (Lipinski definition) is 2. The highest BCUT2D eigenvalue weighted by Gasteiger charge is 2.08. The number of aromatic nitrogens is 1. The molecule has 0 aliphatic heterocycles. The molecule has 0 saturated heterocycles. The Balaban J connectivity index is 0.00000338. The minimum absolute atomic E-state index is 0. The molecule has 26 heavy (non-hydrogen) atoms. The van der Waals surface area contributed by atoms with Crippen LogP contribution in [0.3, 0.4) is 0 Å². The second kappa shape index (κ2) is 9.81. The summed E-state index contributed by atoms with van der Waals surface area (Å²) in [5.41, 5.74) is 2.78. The summed E-state index contributed by atoms with van der Waals surface area (Å²) < 4.78 is 27.0. The topological polar surface area (TPSA) is 78.7 Å². The molecule has 0 aliphatic rings. The van der Waals surface area contributed by atoms with Crippen molar-refractivity contribution < 1.29 is 8.42 Å². The van der Waals surface area contributed by atoms with E-state index in [1.54, 1.807) is 19.2 Å². The molecule has 0 aliphatic carbocycles. The average molecular weight is 491 g/mol. The van der Waals surface area contributed by atoms with Gasteiger partial charge in [-0.3, -0.25) is 9.71 Å². The van der Waals surface area contributed by atoms with E-state index in [0.717, 1.165) is 24.3 Å². The van der Waals surface area contributed by atoms with Gasteiger partial charge in [-0.1, -0.05) is 12.1 Å². The second-order valence-corrected chi connectivity index (χ2v) is 7.69. The van der Waals surface area contributed by atoms with Crippen molar-refractivity contribution in [2.24, 2.45) is 12.0 Å². The van der Waals surface area contributed by atoms with Gasteiger partial charge >= 0.3 is 0 Å². The molecule has 0 saturated carbocycles. The van der Waals surface area contributed by atoms with Crippen molar-refractivity contribution >= 4 is 45.6 Å². The van der Waals surface area contributed by atoms with Crippen LogP contribution in [0, 0.1) is 0 Å². The lowest BCUT2D eigenvalue weighted by molar-refractivity contribution is 0.461. The standard InChI is InChI=1S/C17H25N5O2S.HI/c1-18-17(22(3)13-16-6-5-11-21(16)2)19-12-14-7-9-15(10-8-14)20-25(4,23)24;/h5-11,20H,12-13H2,1-4H3,(H,18,19);1H. The summed E-state index contributed by atoms with van der Waals surface area (Å²) in [7, 11) is 2.51. The van der Waals surface area contributed by atoms with Gasteiger partial charge in [-0.15, -0.1) is 24.0 Å². The molecule has 9 heteroatoms. The monoisotopic (exact) mass is 491 g/mol. The number of aryl methyl sites for hydroxylation is 1. The number of nitrogens with zero attached hydrogens (tertiary/aromatic N) is 3. The number of rotatable bonds is 6. The van der Waals surface area contributed by atoms with Gasteiger partial charge < -0.3 is 14.8 Å². The van der Waals surface area contributed by atoms with Crippen molar-refractivity contribution in [3.63, 3.8) is 0 Å². The Kier molecular flexibility index (Phi) is 8.41. The van der Waals surface area contributed by atoms with E-state index in [4.69, 9.17) is 0 Å². The predicted molar refractivity (Wildman–Crippen MR) is 117 cm³/mol. The zero-order valence-electron chi connectivity index (χ0n) is 15.4. The van der Waals surface area contributed by atoms with E-state index in [1.807, 2.05) is 38.5 Å². The Morgan fingerprint density at radius 1 is 1.23 bits per heavy atom. The summed E-state index contributed by atoms with van der Waals surface area (Å²) in [5, 5.41) is 3.31. The highest BCUT2D eigenvalue weighted by atomic mass is 127. The number of anilines is 1. The third kappa shape index (κ3) is 6.87. The summed E-state index contributed by atoms with van der Waals surface area (Å²) in [6, 6.07) is 11.3. The smallest absolute Gasteiger partial charge is 0.229 e. The van der Waals surface area contributed by atoms with Crippen LogP contribution in [-0.2, 0) is 30.2 Å². The molecule has 2 aromatic rings. The molecule has 0 unspecified atom stereocenters. The Hall–Kier alpha value is -1.75. The van der Waals surface area contributed by atoms with Crippen LogP contribution in [0.15, 0.2) is 47.6 Å². The lowest BCUT2D eigenvalue weighted by Gasteiger charge is -2.22. The quantitative estimate of drug-likeness (QED) is 0.369. The molecular weight excluding hydrogens is 465 g/mol. The molecule has 0 amide bonds. The zero-order valence-corrected chi connectivity index (χ0v) is 18.6. The van der Waals surface area contributed by atoms with Gasteiger partial charge in [0.2, 0.25) is 10.0 Å². The van der Waals surface area contributed by atoms with Crippen LogP contribution in [0.5, 0.6) is 0 Å². The Morgan fingerprint density at radius 2 is 1.88 bits per heavy atom. The fraction of sp³-hybridized carbons (Fsp3) is 0.353. The molecule has 2 N–H and O–H groups in total. The fourth-order valence-electron chi connectivity index (χ4n) is 2.45. The normalized spacial score (nSPS) is 11.6. The lowest BCUT2D eigenvalue weighted by atomic mass is 10.2. The van der Waals surface area contributed by atoms with E-state index in [9.17, 15) is 8.42 Å².